The quantitative estimate of drug-likeness (QED) is 0.697. The molecule has 1 saturated carbocycles. The van der Waals surface area contributed by atoms with Crippen LogP contribution >= 0.6 is 0 Å². The number of unbranched alkanes of at least 4 members (excludes halogenated alkanes) is 1. The second-order valence-electron chi connectivity index (χ2n) is 10.2. The van der Waals surface area contributed by atoms with Gasteiger partial charge in [-0.1, -0.05) is 34.1 Å². The molecule has 2 amide bonds. The lowest BCUT2D eigenvalue weighted by Gasteiger charge is -2.39. The third-order valence-corrected chi connectivity index (χ3v) is 6.40. The summed E-state index contributed by atoms with van der Waals surface area (Å²) in [5.74, 6) is 0.0488. The van der Waals surface area contributed by atoms with Crippen LogP contribution in [0.3, 0.4) is 0 Å². The summed E-state index contributed by atoms with van der Waals surface area (Å²) in [6, 6.07) is 0.346. The summed E-state index contributed by atoms with van der Waals surface area (Å²) in [5, 5.41) is 0. The molecule has 2 fully saturated rings. The molecule has 2 bridgehead atoms. The smallest absolute Gasteiger partial charge is 0.274 e. The molecule has 2 unspecified atom stereocenters. The van der Waals surface area contributed by atoms with Gasteiger partial charge in [0.05, 0.1) is 11.9 Å². The van der Waals surface area contributed by atoms with E-state index in [0.29, 0.717) is 36.7 Å². The van der Waals surface area contributed by atoms with Crippen LogP contribution in [-0.2, 0) is 4.79 Å². The second kappa shape index (κ2) is 8.41. The number of aryl methyl sites for hydroxylation is 1. The van der Waals surface area contributed by atoms with Crippen molar-refractivity contribution in [3.05, 3.63) is 23.8 Å². The predicted molar refractivity (Wildman–Crippen MR) is 113 cm³/mol. The topological polar surface area (TPSA) is 66.4 Å². The maximum absolute atomic E-state index is 13.1. The Hall–Kier alpha value is -1.98. The van der Waals surface area contributed by atoms with Crippen LogP contribution in [0.4, 0.5) is 0 Å². The summed E-state index contributed by atoms with van der Waals surface area (Å²) >= 11 is 0. The lowest BCUT2D eigenvalue weighted by molar-refractivity contribution is -0.132. The molecule has 1 aromatic heterocycles. The zero-order valence-corrected chi connectivity index (χ0v) is 18.7. The van der Waals surface area contributed by atoms with E-state index in [9.17, 15) is 9.59 Å². The van der Waals surface area contributed by atoms with Crippen molar-refractivity contribution in [2.75, 3.05) is 19.6 Å². The van der Waals surface area contributed by atoms with Gasteiger partial charge in [-0.25, -0.2) is 4.98 Å². The van der Waals surface area contributed by atoms with Crippen LogP contribution < -0.4 is 0 Å². The molecule has 1 aliphatic carbocycles. The fourth-order valence-corrected chi connectivity index (χ4v) is 5.45. The van der Waals surface area contributed by atoms with Crippen molar-refractivity contribution in [2.24, 2.45) is 10.8 Å². The van der Waals surface area contributed by atoms with Crippen molar-refractivity contribution in [2.45, 2.75) is 79.2 Å². The summed E-state index contributed by atoms with van der Waals surface area (Å²) in [6.07, 6.45) is 8.80. The number of likely N-dealkylation sites (tertiary alicyclic amines) is 1. The molecule has 2 aliphatic rings. The molecule has 0 N–H and O–H groups in total. The molecule has 0 aromatic carbocycles. The molecular weight excluding hydrogens is 364 g/mol. The number of amides is 2. The van der Waals surface area contributed by atoms with E-state index >= 15 is 0 Å². The summed E-state index contributed by atoms with van der Waals surface area (Å²) in [7, 11) is 0. The molecule has 1 saturated heterocycles. The number of rotatable bonds is 7. The Labute approximate surface area is 175 Å². The van der Waals surface area contributed by atoms with E-state index in [-0.39, 0.29) is 17.2 Å². The standard InChI is InChI=1S/C23H36N4O2/c1-6-7-9-26(21(29)19-14-24-17(2)13-25-19)10-8-20(28)27-16-23(5)12-18(27)11-22(3,4)15-23/h13-14,18H,6-12,15-16H2,1-5H3. The van der Waals surface area contributed by atoms with Crippen molar-refractivity contribution >= 4 is 11.8 Å². The van der Waals surface area contributed by atoms with Crippen LogP contribution in [0.5, 0.6) is 0 Å². The Morgan fingerprint density at radius 1 is 1.17 bits per heavy atom. The van der Waals surface area contributed by atoms with E-state index in [2.05, 4.69) is 42.6 Å². The first-order chi connectivity index (χ1) is 13.6. The van der Waals surface area contributed by atoms with Gasteiger partial charge < -0.3 is 9.80 Å². The van der Waals surface area contributed by atoms with Gasteiger partial charge in [0.25, 0.3) is 5.91 Å². The number of hydrogen-bond acceptors (Lipinski definition) is 4. The van der Waals surface area contributed by atoms with E-state index in [4.69, 9.17) is 0 Å². The molecule has 0 radical (unpaired) electrons. The summed E-state index contributed by atoms with van der Waals surface area (Å²) in [6.45, 7) is 12.9. The molecule has 0 spiro atoms. The van der Waals surface area contributed by atoms with Crippen LogP contribution in [0, 0.1) is 17.8 Å². The fourth-order valence-electron chi connectivity index (χ4n) is 5.45. The highest BCUT2D eigenvalue weighted by atomic mass is 16.2. The molecule has 3 rings (SSSR count). The highest BCUT2D eigenvalue weighted by molar-refractivity contribution is 5.92. The number of nitrogens with zero attached hydrogens (tertiary/aromatic N) is 4. The van der Waals surface area contributed by atoms with Gasteiger partial charge in [0.1, 0.15) is 5.69 Å². The summed E-state index contributed by atoms with van der Waals surface area (Å²) < 4.78 is 0. The molecule has 29 heavy (non-hydrogen) atoms. The third kappa shape index (κ3) is 5.14. The average Bonchev–Trinajstić information content (AvgIpc) is 2.90. The van der Waals surface area contributed by atoms with Crippen molar-refractivity contribution < 1.29 is 9.59 Å². The van der Waals surface area contributed by atoms with Gasteiger partial charge >= 0.3 is 0 Å². The highest BCUT2D eigenvalue weighted by Crippen LogP contribution is 2.52. The molecule has 6 nitrogen and oxygen atoms in total. The Morgan fingerprint density at radius 3 is 2.59 bits per heavy atom. The van der Waals surface area contributed by atoms with E-state index in [1.165, 1.54) is 12.6 Å². The minimum absolute atomic E-state index is 0.132. The van der Waals surface area contributed by atoms with Crippen LogP contribution in [0.2, 0.25) is 0 Å². The molecule has 1 aliphatic heterocycles. The highest BCUT2D eigenvalue weighted by Gasteiger charge is 2.50. The number of aromatic nitrogens is 2. The number of hydrogen-bond donors (Lipinski definition) is 0. The van der Waals surface area contributed by atoms with Gasteiger partial charge in [-0.15, -0.1) is 0 Å². The molecular formula is C23H36N4O2. The van der Waals surface area contributed by atoms with E-state index < -0.39 is 0 Å². The molecule has 1 aromatic rings. The lowest BCUT2D eigenvalue weighted by Crippen LogP contribution is -2.40. The van der Waals surface area contributed by atoms with E-state index in [0.717, 1.165) is 37.9 Å². The Balaban J connectivity index is 1.64. The van der Waals surface area contributed by atoms with E-state index in [1.807, 2.05) is 6.92 Å². The lowest BCUT2D eigenvalue weighted by atomic mass is 9.65. The van der Waals surface area contributed by atoms with Crippen LogP contribution in [0.25, 0.3) is 0 Å². The number of fused-ring (bicyclic) bond motifs is 2. The fraction of sp³-hybridized carbons (Fsp3) is 0.739. The summed E-state index contributed by atoms with van der Waals surface area (Å²) in [4.78, 5) is 38.3. The zero-order valence-electron chi connectivity index (χ0n) is 18.7. The molecule has 6 heteroatoms. The molecule has 2 heterocycles. The van der Waals surface area contributed by atoms with Crippen molar-refractivity contribution in [1.29, 1.82) is 0 Å². The minimum atomic E-state index is -0.132. The number of carbonyl (C=O) groups is 2. The van der Waals surface area contributed by atoms with Crippen LogP contribution in [-0.4, -0.2) is 57.3 Å². The zero-order chi connectivity index (χ0) is 21.2. The Kier molecular flexibility index (Phi) is 6.30. The van der Waals surface area contributed by atoms with Crippen LogP contribution in [0.15, 0.2) is 12.4 Å². The SMILES string of the molecule is CCCCN(CCC(=O)N1CC2(C)CC1CC(C)(C)C2)C(=O)c1cnc(C)cn1. The van der Waals surface area contributed by atoms with E-state index in [1.54, 1.807) is 11.1 Å². The van der Waals surface area contributed by atoms with Gasteiger partial charge in [0.15, 0.2) is 0 Å². The number of carbonyl (C=O) groups excluding carboxylic acids is 2. The molecule has 160 valence electrons. The van der Waals surface area contributed by atoms with Crippen molar-refractivity contribution in [3.8, 4) is 0 Å². The average molecular weight is 401 g/mol. The first-order valence-electron chi connectivity index (χ1n) is 11.0. The third-order valence-electron chi connectivity index (χ3n) is 6.40. The normalized spacial score (nSPS) is 25.1. The van der Waals surface area contributed by atoms with Gasteiger partial charge in [-0.2, -0.15) is 0 Å². The van der Waals surface area contributed by atoms with Gasteiger partial charge in [-0.05, 0) is 43.4 Å². The van der Waals surface area contributed by atoms with Crippen molar-refractivity contribution in [3.63, 3.8) is 0 Å². The van der Waals surface area contributed by atoms with Gasteiger partial charge in [0.2, 0.25) is 5.91 Å². The second-order valence-corrected chi connectivity index (χ2v) is 10.2. The minimum Gasteiger partial charge on any atom is -0.339 e. The molecule has 2 atom stereocenters. The van der Waals surface area contributed by atoms with Gasteiger partial charge in [-0.3, -0.25) is 14.6 Å². The van der Waals surface area contributed by atoms with Crippen LogP contribution in [0.1, 0.15) is 82.4 Å². The maximum Gasteiger partial charge on any atom is 0.274 e. The summed E-state index contributed by atoms with van der Waals surface area (Å²) in [5.41, 5.74) is 1.66. The predicted octanol–water partition coefficient (Wildman–Crippen LogP) is 3.84. The monoisotopic (exact) mass is 400 g/mol. The Bertz CT molecular complexity index is 746. The van der Waals surface area contributed by atoms with Gasteiger partial charge in [0, 0.05) is 38.3 Å². The maximum atomic E-state index is 13.1. The first-order valence-corrected chi connectivity index (χ1v) is 11.0. The Morgan fingerprint density at radius 2 is 1.93 bits per heavy atom. The first kappa shape index (κ1) is 21.7. The van der Waals surface area contributed by atoms with Crippen molar-refractivity contribution in [1.82, 2.24) is 19.8 Å². The largest absolute Gasteiger partial charge is 0.339 e.